The molecule has 0 aliphatic heterocycles. The van der Waals surface area contributed by atoms with Gasteiger partial charge in [-0.2, -0.15) is 0 Å². The normalized spacial score (nSPS) is 16.2. The number of methoxy groups -OCH3 is 2. The number of carbonyl (C=O) groups is 2. The van der Waals surface area contributed by atoms with Crippen molar-refractivity contribution in [3.05, 3.63) is 131 Å². The molecule has 192 valence electrons. The van der Waals surface area contributed by atoms with Gasteiger partial charge in [-0.25, -0.2) is 0 Å². The van der Waals surface area contributed by atoms with Crippen molar-refractivity contribution < 1.29 is 23.2 Å². The minimum Gasteiger partial charge on any atom is -0.469 e. The predicted octanol–water partition coefficient (Wildman–Crippen LogP) is 5.81. The Labute approximate surface area is 227 Å². The van der Waals surface area contributed by atoms with Crippen LogP contribution in [0, 0.1) is 5.92 Å². The summed E-state index contributed by atoms with van der Waals surface area (Å²) in [5.41, 5.74) is 4.12. The summed E-state index contributed by atoms with van der Waals surface area (Å²) < 4.78 is 35.6. The molecule has 0 aromatic heterocycles. The highest BCUT2D eigenvalue weighted by molar-refractivity contribution is 5.87. The highest BCUT2D eigenvalue weighted by Gasteiger charge is 2.54. The number of nitrogens with zero attached hydrogens (tertiary/aromatic N) is 1. The van der Waals surface area contributed by atoms with Gasteiger partial charge in [0.2, 0.25) is 0 Å². The van der Waals surface area contributed by atoms with Crippen molar-refractivity contribution in [2.45, 2.75) is 25.0 Å². The van der Waals surface area contributed by atoms with E-state index in [1.165, 1.54) is 7.11 Å². The zero-order valence-corrected chi connectivity index (χ0v) is 21.3. The molecule has 4 aromatic carbocycles. The van der Waals surface area contributed by atoms with Gasteiger partial charge in [-0.3, -0.25) is 14.5 Å². The molecule has 0 heterocycles. The number of rotatable bonds is 8. The first-order valence-electron chi connectivity index (χ1n) is 14.0. The van der Waals surface area contributed by atoms with Gasteiger partial charge in [-0.15, -0.1) is 0 Å². The molecule has 5 rings (SSSR count). The zero-order valence-electron chi connectivity index (χ0n) is 24.3. The summed E-state index contributed by atoms with van der Waals surface area (Å²) in [5.74, 6) is -3.69. The van der Waals surface area contributed by atoms with Crippen LogP contribution in [0.25, 0.3) is 11.1 Å². The molecule has 0 bridgehead atoms. The first-order chi connectivity index (χ1) is 19.7. The van der Waals surface area contributed by atoms with Crippen LogP contribution in [-0.2, 0) is 31.1 Å². The van der Waals surface area contributed by atoms with Crippen molar-refractivity contribution >= 4 is 11.9 Å². The summed E-state index contributed by atoms with van der Waals surface area (Å²) in [6.07, 6.45) is 0. The maximum atomic E-state index is 13.9. The average Bonchev–Trinajstić information content (AvgIpc) is 3.29. The predicted molar refractivity (Wildman–Crippen MR) is 147 cm³/mol. The Morgan fingerprint density at radius 3 is 1.76 bits per heavy atom. The summed E-state index contributed by atoms with van der Waals surface area (Å²) in [6, 6.07) is 33.4. The third-order valence-electron chi connectivity index (χ3n) is 7.29. The molecular weight excluding hydrogens is 474 g/mol. The molecule has 0 spiro atoms. The third-order valence-corrected chi connectivity index (χ3v) is 7.29. The van der Waals surface area contributed by atoms with E-state index in [1.807, 2.05) is 114 Å². The lowest BCUT2D eigenvalue weighted by Gasteiger charge is -2.47. The van der Waals surface area contributed by atoms with E-state index in [4.69, 9.17) is 13.6 Å². The number of ether oxygens (including phenoxy) is 2. The summed E-state index contributed by atoms with van der Waals surface area (Å²) >= 11 is 0. The molecule has 4 aromatic rings. The number of hydrogen-bond acceptors (Lipinski definition) is 5. The number of hydrogen-bond donors (Lipinski definition) is 0. The summed E-state index contributed by atoms with van der Waals surface area (Å²) in [5, 5.41) is 0. The number of fused-ring (bicyclic) bond motifs is 3. The van der Waals surface area contributed by atoms with E-state index in [0.717, 1.165) is 40.5 Å². The van der Waals surface area contributed by atoms with E-state index < -0.39 is 36.3 Å². The average molecular weight is 509 g/mol. The second-order valence-corrected chi connectivity index (χ2v) is 9.25. The fourth-order valence-electron chi connectivity index (χ4n) is 5.70. The lowest BCUT2D eigenvalue weighted by molar-refractivity contribution is -0.161. The first-order valence-corrected chi connectivity index (χ1v) is 12.5. The van der Waals surface area contributed by atoms with Crippen LogP contribution >= 0.6 is 0 Å². The highest BCUT2D eigenvalue weighted by atomic mass is 16.5. The topological polar surface area (TPSA) is 55.8 Å². The van der Waals surface area contributed by atoms with Crippen molar-refractivity contribution in [1.82, 2.24) is 4.90 Å². The largest absolute Gasteiger partial charge is 0.469 e. The smallest absolute Gasteiger partial charge is 0.324 e. The zero-order chi connectivity index (χ0) is 29.2. The summed E-state index contributed by atoms with van der Waals surface area (Å²) in [7, 11) is 2.33. The Morgan fingerprint density at radius 2 is 1.24 bits per heavy atom. The maximum absolute atomic E-state index is 13.9. The Bertz CT molecular complexity index is 1490. The second kappa shape index (κ2) is 10.6. The van der Waals surface area contributed by atoms with E-state index in [0.29, 0.717) is 0 Å². The molecule has 0 radical (unpaired) electrons. The molecule has 2 atom stereocenters. The minimum absolute atomic E-state index is 0.127. The van der Waals surface area contributed by atoms with Crippen LogP contribution in [0.15, 0.2) is 109 Å². The molecule has 1 aliphatic rings. The molecule has 0 N–H and O–H groups in total. The molecule has 0 saturated carbocycles. The molecule has 0 fully saturated rings. The van der Waals surface area contributed by atoms with Gasteiger partial charge in [-0.05, 0) is 40.2 Å². The van der Waals surface area contributed by atoms with Crippen molar-refractivity contribution in [2.24, 2.45) is 5.92 Å². The molecule has 0 unspecified atom stereocenters. The van der Waals surface area contributed by atoms with Gasteiger partial charge in [-0.1, -0.05) is 109 Å². The Morgan fingerprint density at radius 1 is 0.737 bits per heavy atom. The molecule has 5 heteroatoms. The molecule has 0 amide bonds. The standard InChI is InChI=1S/C33H31NO4/c1-23(31(35)37-2)30(32(36)38-3)34(22-24-14-6-4-7-15-24)33(25-16-8-5-9-17-25)28-20-12-10-18-26(28)27-19-11-13-21-29(27)33/h4-21,23,30H,22H2,1-3H3/t23-,30-/m0/s1/i1D3. The van der Waals surface area contributed by atoms with Gasteiger partial charge in [0.1, 0.15) is 6.04 Å². The van der Waals surface area contributed by atoms with Crippen LogP contribution in [0.4, 0.5) is 0 Å². The van der Waals surface area contributed by atoms with Crippen LogP contribution < -0.4 is 0 Å². The van der Waals surface area contributed by atoms with E-state index >= 15 is 0 Å². The van der Waals surface area contributed by atoms with Crippen molar-refractivity contribution in [1.29, 1.82) is 0 Å². The fourth-order valence-corrected chi connectivity index (χ4v) is 5.70. The monoisotopic (exact) mass is 508 g/mol. The maximum Gasteiger partial charge on any atom is 0.324 e. The van der Waals surface area contributed by atoms with Gasteiger partial charge >= 0.3 is 11.9 Å². The molecule has 5 nitrogen and oxygen atoms in total. The highest BCUT2D eigenvalue weighted by Crippen LogP contribution is 2.55. The van der Waals surface area contributed by atoms with Crippen molar-refractivity contribution in [2.75, 3.05) is 14.2 Å². The van der Waals surface area contributed by atoms with Crippen LogP contribution in [0.3, 0.4) is 0 Å². The first kappa shape index (κ1) is 21.8. The Hall–Kier alpha value is -4.22. The second-order valence-electron chi connectivity index (χ2n) is 9.25. The van der Waals surface area contributed by atoms with Gasteiger partial charge < -0.3 is 9.47 Å². The molecule has 1 aliphatic carbocycles. The van der Waals surface area contributed by atoms with E-state index in [1.54, 1.807) is 0 Å². The van der Waals surface area contributed by atoms with Gasteiger partial charge in [0.25, 0.3) is 0 Å². The lowest BCUT2D eigenvalue weighted by Crippen LogP contribution is -2.58. The van der Waals surface area contributed by atoms with Crippen LogP contribution in [-0.4, -0.2) is 37.1 Å². The number of esters is 2. The van der Waals surface area contributed by atoms with Crippen molar-refractivity contribution in [3.8, 4) is 11.1 Å². The van der Waals surface area contributed by atoms with E-state index in [2.05, 4.69) is 0 Å². The number of carbonyl (C=O) groups excluding carboxylic acids is 2. The summed E-state index contributed by atoms with van der Waals surface area (Å²) in [6.45, 7) is -2.75. The Kier molecular flexibility index (Phi) is 6.11. The Balaban J connectivity index is 1.93. The van der Waals surface area contributed by atoms with Gasteiger partial charge in [0.15, 0.2) is 0 Å². The molecule has 0 saturated heterocycles. The third kappa shape index (κ3) is 4.09. The fraction of sp³-hybridized carbons (Fsp3) is 0.212. The van der Waals surface area contributed by atoms with Crippen LogP contribution in [0.1, 0.15) is 33.2 Å². The summed E-state index contributed by atoms with van der Waals surface area (Å²) in [4.78, 5) is 29.0. The minimum atomic E-state index is -2.88. The van der Waals surface area contributed by atoms with Gasteiger partial charge in [0.05, 0.1) is 25.7 Å². The van der Waals surface area contributed by atoms with E-state index in [9.17, 15) is 9.59 Å². The quantitative estimate of drug-likeness (QED) is 0.281. The molecule has 38 heavy (non-hydrogen) atoms. The molecular formula is C33H31NO4. The SMILES string of the molecule is [2H]C([2H])([2H])[C@H](C(=O)OC)[C@@H](C(=O)OC)N(Cc1ccccc1)C1(c2ccccc2)c2ccccc2-c2ccccc21. The number of benzene rings is 4. The van der Waals surface area contributed by atoms with Crippen LogP contribution in [0.2, 0.25) is 0 Å². The van der Waals surface area contributed by atoms with E-state index in [-0.39, 0.29) is 6.54 Å². The van der Waals surface area contributed by atoms with Gasteiger partial charge in [0, 0.05) is 10.7 Å². The lowest BCUT2D eigenvalue weighted by atomic mass is 9.76. The van der Waals surface area contributed by atoms with Crippen molar-refractivity contribution in [3.63, 3.8) is 0 Å². The van der Waals surface area contributed by atoms with Crippen LogP contribution in [0.5, 0.6) is 0 Å².